The molecule has 0 aliphatic carbocycles. The highest BCUT2D eigenvalue weighted by atomic mass is 79.9. The molecule has 4 aromatic heterocycles. The van der Waals surface area contributed by atoms with E-state index in [0.717, 1.165) is 65.3 Å². The first-order valence-corrected chi connectivity index (χ1v) is 13.6. The Labute approximate surface area is 232 Å². The van der Waals surface area contributed by atoms with Crippen molar-refractivity contribution in [3.8, 4) is 22.5 Å². The van der Waals surface area contributed by atoms with Crippen LogP contribution in [0.15, 0.2) is 132 Å². The van der Waals surface area contributed by atoms with Crippen LogP contribution >= 0.6 is 15.9 Å². The summed E-state index contributed by atoms with van der Waals surface area (Å²) < 4.78 is 5.73. The molecule has 0 saturated carbocycles. The Bertz CT molecular complexity index is 1970. The lowest BCUT2D eigenvalue weighted by Gasteiger charge is -2.16. The Morgan fingerprint density at radius 3 is 2.03 bits per heavy atom. The fourth-order valence-corrected chi connectivity index (χ4v) is 6.24. The first-order chi connectivity index (χ1) is 19.3. The summed E-state index contributed by atoms with van der Waals surface area (Å²) in [4.78, 5) is 9.20. The molecule has 8 aromatic rings. The molecule has 0 aliphatic rings. The van der Waals surface area contributed by atoms with Crippen molar-refractivity contribution in [2.24, 2.45) is 0 Å². The molecule has 39 heavy (non-hydrogen) atoms. The van der Waals surface area contributed by atoms with Crippen molar-refractivity contribution in [2.45, 2.75) is 0 Å². The molecule has 0 radical (unpaired) electrons. The van der Waals surface area contributed by atoms with Gasteiger partial charge in [-0.15, -0.1) is 0 Å². The SMILES string of the molecule is Brc1cccc(-c2cc(-n3c4ccccc4c4cnccc43)cc(-n3c4ccccc4c4ncccc43)c2)c1. The Hall–Kier alpha value is -4.74. The van der Waals surface area contributed by atoms with Crippen LogP contribution in [0.2, 0.25) is 0 Å². The van der Waals surface area contributed by atoms with E-state index in [1.807, 2.05) is 24.7 Å². The predicted octanol–water partition coefficient (Wildman–Crippen LogP) is 9.10. The molecule has 4 aromatic carbocycles. The van der Waals surface area contributed by atoms with Crippen LogP contribution in [-0.4, -0.2) is 19.1 Å². The lowest BCUT2D eigenvalue weighted by atomic mass is 10.0. The zero-order valence-corrected chi connectivity index (χ0v) is 22.4. The quantitative estimate of drug-likeness (QED) is 0.214. The standard InChI is InChI=1S/C34H21BrN4/c35-24-8-5-7-22(17-24)23-18-25(38-30-11-3-1-9-27(30)29-21-36-16-14-32(29)38)20-26(19-23)39-31-12-4-2-10-28(31)34-33(39)13-6-15-37-34/h1-21H. The Morgan fingerprint density at radius 1 is 0.513 bits per heavy atom. The molecule has 0 amide bonds. The Balaban J connectivity index is 1.51. The van der Waals surface area contributed by atoms with Crippen molar-refractivity contribution < 1.29 is 0 Å². The number of hydrogen-bond donors (Lipinski definition) is 0. The van der Waals surface area contributed by atoms with Gasteiger partial charge < -0.3 is 9.13 Å². The maximum absolute atomic E-state index is 4.76. The highest BCUT2D eigenvalue weighted by Gasteiger charge is 2.17. The van der Waals surface area contributed by atoms with Crippen LogP contribution in [0.5, 0.6) is 0 Å². The topological polar surface area (TPSA) is 35.6 Å². The van der Waals surface area contributed by atoms with Gasteiger partial charge in [0.15, 0.2) is 0 Å². The van der Waals surface area contributed by atoms with Gasteiger partial charge in [0.2, 0.25) is 0 Å². The first-order valence-electron chi connectivity index (χ1n) is 12.9. The highest BCUT2D eigenvalue weighted by molar-refractivity contribution is 9.10. The van der Waals surface area contributed by atoms with Gasteiger partial charge in [-0.25, -0.2) is 0 Å². The maximum atomic E-state index is 4.76. The van der Waals surface area contributed by atoms with Crippen LogP contribution in [-0.2, 0) is 0 Å². The van der Waals surface area contributed by atoms with Crippen molar-refractivity contribution >= 4 is 59.7 Å². The van der Waals surface area contributed by atoms with E-state index in [0.29, 0.717) is 0 Å². The minimum Gasteiger partial charge on any atom is -0.309 e. The van der Waals surface area contributed by atoms with Crippen LogP contribution in [0.3, 0.4) is 0 Å². The maximum Gasteiger partial charge on any atom is 0.0963 e. The summed E-state index contributed by atoms with van der Waals surface area (Å²) in [6.07, 6.45) is 5.70. The second kappa shape index (κ2) is 8.65. The largest absolute Gasteiger partial charge is 0.309 e. The van der Waals surface area contributed by atoms with E-state index in [4.69, 9.17) is 4.98 Å². The number of pyridine rings is 2. The minimum atomic E-state index is 1.01. The third kappa shape index (κ3) is 3.44. The summed E-state index contributed by atoms with van der Waals surface area (Å²) in [6, 6.07) is 38.6. The molecule has 8 rings (SSSR count). The summed E-state index contributed by atoms with van der Waals surface area (Å²) >= 11 is 3.68. The third-order valence-electron chi connectivity index (χ3n) is 7.48. The predicted molar refractivity (Wildman–Crippen MR) is 164 cm³/mol. The Morgan fingerprint density at radius 2 is 1.21 bits per heavy atom. The molecule has 0 N–H and O–H groups in total. The van der Waals surface area contributed by atoms with Gasteiger partial charge in [0.05, 0.1) is 27.6 Å². The zero-order valence-electron chi connectivity index (χ0n) is 20.8. The lowest BCUT2D eigenvalue weighted by Crippen LogP contribution is -2.00. The molecule has 0 saturated heterocycles. The number of fused-ring (bicyclic) bond motifs is 6. The lowest BCUT2D eigenvalue weighted by molar-refractivity contribution is 1.13. The van der Waals surface area contributed by atoms with Crippen LogP contribution < -0.4 is 0 Å². The third-order valence-corrected chi connectivity index (χ3v) is 7.97. The summed E-state index contributed by atoms with van der Waals surface area (Å²) in [5.41, 5.74) is 9.97. The van der Waals surface area contributed by atoms with E-state index in [1.54, 1.807) is 0 Å². The molecule has 4 nitrogen and oxygen atoms in total. The molecule has 0 aliphatic heterocycles. The van der Waals surface area contributed by atoms with Gasteiger partial charge in [-0.3, -0.25) is 9.97 Å². The second-order valence-corrected chi connectivity index (χ2v) is 10.6. The van der Waals surface area contributed by atoms with Crippen LogP contribution in [0.25, 0.3) is 66.2 Å². The average molecular weight is 565 g/mol. The van der Waals surface area contributed by atoms with Gasteiger partial charge in [0, 0.05) is 50.6 Å². The van der Waals surface area contributed by atoms with Gasteiger partial charge in [0.1, 0.15) is 0 Å². The summed E-state index contributed by atoms with van der Waals surface area (Å²) in [5.74, 6) is 0. The van der Waals surface area contributed by atoms with Crippen molar-refractivity contribution in [3.63, 3.8) is 0 Å². The normalized spacial score (nSPS) is 11.7. The number of halogens is 1. The van der Waals surface area contributed by atoms with E-state index in [9.17, 15) is 0 Å². The summed E-state index contributed by atoms with van der Waals surface area (Å²) in [5, 5.41) is 3.48. The summed E-state index contributed by atoms with van der Waals surface area (Å²) in [7, 11) is 0. The van der Waals surface area contributed by atoms with Gasteiger partial charge in [-0.05, 0) is 71.8 Å². The minimum absolute atomic E-state index is 1.01. The first kappa shape index (κ1) is 22.3. The van der Waals surface area contributed by atoms with Crippen LogP contribution in [0, 0.1) is 0 Å². The van der Waals surface area contributed by atoms with E-state index >= 15 is 0 Å². The van der Waals surface area contributed by atoms with E-state index in [2.05, 4.69) is 133 Å². The molecule has 0 spiro atoms. The van der Waals surface area contributed by atoms with Gasteiger partial charge in [0.25, 0.3) is 0 Å². The van der Waals surface area contributed by atoms with E-state index < -0.39 is 0 Å². The monoisotopic (exact) mass is 564 g/mol. The van der Waals surface area contributed by atoms with Crippen molar-refractivity contribution in [1.82, 2.24) is 19.1 Å². The number of rotatable bonds is 3. The molecular weight excluding hydrogens is 544 g/mol. The average Bonchev–Trinajstić information content (AvgIpc) is 3.50. The molecule has 0 unspecified atom stereocenters. The number of aromatic nitrogens is 4. The highest BCUT2D eigenvalue weighted by Crippen LogP contribution is 2.37. The summed E-state index contributed by atoms with van der Waals surface area (Å²) in [6.45, 7) is 0. The molecule has 4 heterocycles. The zero-order chi connectivity index (χ0) is 25.9. The van der Waals surface area contributed by atoms with Crippen molar-refractivity contribution in [1.29, 1.82) is 0 Å². The molecule has 0 bridgehead atoms. The molecule has 0 fully saturated rings. The van der Waals surface area contributed by atoms with E-state index in [1.165, 1.54) is 5.39 Å². The number of benzene rings is 4. The molecular formula is C34H21BrN4. The van der Waals surface area contributed by atoms with Crippen molar-refractivity contribution in [2.75, 3.05) is 0 Å². The number of para-hydroxylation sites is 2. The van der Waals surface area contributed by atoms with Gasteiger partial charge in [-0.2, -0.15) is 0 Å². The number of hydrogen-bond acceptors (Lipinski definition) is 2. The Kier molecular flexibility index (Phi) is 4.94. The van der Waals surface area contributed by atoms with E-state index in [-0.39, 0.29) is 0 Å². The smallest absolute Gasteiger partial charge is 0.0963 e. The fourth-order valence-electron chi connectivity index (χ4n) is 5.84. The molecule has 0 atom stereocenters. The number of nitrogens with zero attached hydrogens (tertiary/aromatic N) is 4. The van der Waals surface area contributed by atoms with Gasteiger partial charge >= 0.3 is 0 Å². The van der Waals surface area contributed by atoms with Gasteiger partial charge in [-0.1, -0.05) is 64.5 Å². The van der Waals surface area contributed by atoms with Crippen molar-refractivity contribution in [3.05, 3.63) is 132 Å². The molecule has 5 heteroatoms. The second-order valence-electron chi connectivity index (χ2n) is 9.72. The molecule has 184 valence electrons. The van der Waals surface area contributed by atoms with Crippen LogP contribution in [0.1, 0.15) is 0 Å². The fraction of sp³-hybridized carbons (Fsp3) is 0. The van der Waals surface area contributed by atoms with Crippen LogP contribution in [0.4, 0.5) is 0 Å².